The van der Waals surface area contributed by atoms with E-state index in [4.69, 9.17) is 4.74 Å². The van der Waals surface area contributed by atoms with Crippen LogP contribution in [0.15, 0.2) is 17.3 Å². The van der Waals surface area contributed by atoms with E-state index >= 15 is 0 Å². The smallest absolute Gasteiger partial charge is 0.228 e. The molecule has 4 nitrogen and oxygen atoms in total. The summed E-state index contributed by atoms with van der Waals surface area (Å²) in [7, 11) is 1.68. The topological polar surface area (TPSA) is 36.9 Å². The van der Waals surface area contributed by atoms with Crippen LogP contribution in [0.4, 0.5) is 0 Å². The SMILES string of the molecule is COC1N=CC=CN1C1CCCN1. The van der Waals surface area contributed by atoms with Gasteiger partial charge in [-0.2, -0.15) is 0 Å². The maximum Gasteiger partial charge on any atom is 0.228 e. The van der Waals surface area contributed by atoms with Gasteiger partial charge in [-0.05, 0) is 25.5 Å². The molecule has 0 amide bonds. The highest BCUT2D eigenvalue weighted by molar-refractivity contribution is 5.71. The number of allylic oxidation sites excluding steroid dienone is 1. The highest BCUT2D eigenvalue weighted by Crippen LogP contribution is 2.16. The van der Waals surface area contributed by atoms with Crippen LogP contribution in [0.3, 0.4) is 0 Å². The van der Waals surface area contributed by atoms with Crippen LogP contribution < -0.4 is 5.32 Å². The zero-order valence-corrected chi connectivity index (χ0v) is 7.81. The Balaban J connectivity index is 2.03. The van der Waals surface area contributed by atoms with E-state index in [0.717, 1.165) is 6.54 Å². The standard InChI is InChI=1S/C9H15N3O/c1-13-9-11-6-3-7-12(9)8-4-2-5-10-8/h3,6-10H,2,4-5H2,1H3. The maximum absolute atomic E-state index is 5.25. The molecule has 2 rings (SSSR count). The van der Waals surface area contributed by atoms with Gasteiger partial charge >= 0.3 is 0 Å². The molecule has 4 heteroatoms. The number of hydrogen-bond donors (Lipinski definition) is 1. The van der Waals surface area contributed by atoms with E-state index in [2.05, 4.69) is 15.2 Å². The molecule has 0 aromatic rings. The Labute approximate surface area is 78.3 Å². The van der Waals surface area contributed by atoms with Gasteiger partial charge in [-0.3, -0.25) is 5.32 Å². The van der Waals surface area contributed by atoms with Gasteiger partial charge in [0.05, 0.1) is 6.17 Å². The lowest BCUT2D eigenvalue weighted by molar-refractivity contribution is -0.0238. The molecule has 2 unspecified atom stereocenters. The summed E-state index contributed by atoms with van der Waals surface area (Å²) in [6.07, 6.45) is 8.38. The molecule has 0 aliphatic carbocycles. The van der Waals surface area contributed by atoms with E-state index in [1.807, 2.05) is 12.3 Å². The number of nitrogens with zero attached hydrogens (tertiary/aromatic N) is 2. The number of rotatable bonds is 2. The number of aliphatic imine (C=N–C) groups is 1. The summed E-state index contributed by atoms with van der Waals surface area (Å²) in [4.78, 5) is 6.34. The number of methoxy groups -OCH3 is 1. The fraction of sp³-hybridized carbons (Fsp3) is 0.667. The van der Waals surface area contributed by atoms with Gasteiger partial charge in [0.2, 0.25) is 6.35 Å². The van der Waals surface area contributed by atoms with Crippen molar-refractivity contribution in [2.45, 2.75) is 25.4 Å². The monoisotopic (exact) mass is 181 g/mol. The van der Waals surface area contributed by atoms with Gasteiger partial charge < -0.3 is 9.64 Å². The summed E-state index contributed by atoms with van der Waals surface area (Å²) in [6.45, 7) is 1.09. The minimum atomic E-state index is -0.152. The van der Waals surface area contributed by atoms with Crippen LogP contribution in [-0.4, -0.2) is 37.3 Å². The second-order valence-electron chi connectivity index (χ2n) is 3.26. The van der Waals surface area contributed by atoms with Crippen LogP contribution in [0.1, 0.15) is 12.8 Å². The van der Waals surface area contributed by atoms with Crippen molar-refractivity contribution in [1.82, 2.24) is 10.2 Å². The fourth-order valence-electron chi connectivity index (χ4n) is 1.77. The summed E-state index contributed by atoms with van der Waals surface area (Å²) < 4.78 is 5.25. The lowest BCUT2D eigenvalue weighted by atomic mass is 10.3. The third-order valence-electron chi connectivity index (χ3n) is 2.42. The van der Waals surface area contributed by atoms with Crippen LogP contribution >= 0.6 is 0 Å². The average Bonchev–Trinajstić information content (AvgIpc) is 2.70. The summed E-state index contributed by atoms with van der Waals surface area (Å²) >= 11 is 0. The number of nitrogens with one attached hydrogen (secondary N) is 1. The van der Waals surface area contributed by atoms with E-state index in [-0.39, 0.29) is 6.35 Å². The molecular weight excluding hydrogens is 166 g/mol. The van der Waals surface area contributed by atoms with Gasteiger partial charge in [0.25, 0.3) is 0 Å². The normalized spacial score (nSPS) is 32.8. The van der Waals surface area contributed by atoms with Crippen molar-refractivity contribution in [2.75, 3.05) is 13.7 Å². The van der Waals surface area contributed by atoms with Gasteiger partial charge in [0.15, 0.2) is 0 Å². The Hall–Kier alpha value is -0.870. The molecule has 0 bridgehead atoms. The van der Waals surface area contributed by atoms with Gasteiger partial charge in [-0.25, -0.2) is 4.99 Å². The predicted octanol–water partition coefficient (Wildman–Crippen LogP) is 0.526. The van der Waals surface area contributed by atoms with Crippen LogP contribution in [0.5, 0.6) is 0 Å². The fourth-order valence-corrected chi connectivity index (χ4v) is 1.77. The molecule has 13 heavy (non-hydrogen) atoms. The Morgan fingerprint density at radius 3 is 3.23 bits per heavy atom. The van der Waals surface area contributed by atoms with E-state index in [1.54, 1.807) is 13.3 Å². The molecule has 2 heterocycles. The van der Waals surface area contributed by atoms with E-state index in [1.165, 1.54) is 12.8 Å². The molecule has 0 radical (unpaired) electrons. The Morgan fingerprint density at radius 2 is 2.54 bits per heavy atom. The maximum atomic E-state index is 5.25. The third kappa shape index (κ3) is 1.73. The summed E-state index contributed by atoms with van der Waals surface area (Å²) in [6, 6.07) is 0. The lowest BCUT2D eigenvalue weighted by Gasteiger charge is -2.33. The van der Waals surface area contributed by atoms with Gasteiger partial charge in [0, 0.05) is 19.5 Å². The minimum absolute atomic E-state index is 0.152. The van der Waals surface area contributed by atoms with E-state index in [9.17, 15) is 0 Å². The summed E-state index contributed by atoms with van der Waals surface area (Å²) in [5.41, 5.74) is 0. The summed E-state index contributed by atoms with van der Waals surface area (Å²) in [5.74, 6) is 0. The largest absolute Gasteiger partial charge is 0.342 e. The van der Waals surface area contributed by atoms with Crippen molar-refractivity contribution in [3.05, 3.63) is 12.3 Å². The molecule has 2 atom stereocenters. The Morgan fingerprint density at radius 1 is 1.62 bits per heavy atom. The molecule has 0 saturated carbocycles. The molecule has 0 aromatic carbocycles. The molecule has 2 aliphatic heterocycles. The molecule has 0 spiro atoms. The highest BCUT2D eigenvalue weighted by atomic mass is 16.5. The second kappa shape index (κ2) is 3.89. The first-order chi connectivity index (χ1) is 6.42. The first-order valence-electron chi connectivity index (χ1n) is 4.65. The quantitative estimate of drug-likeness (QED) is 0.675. The van der Waals surface area contributed by atoms with Crippen LogP contribution in [0.25, 0.3) is 0 Å². The van der Waals surface area contributed by atoms with Gasteiger partial charge in [-0.15, -0.1) is 0 Å². The third-order valence-corrected chi connectivity index (χ3v) is 2.42. The first kappa shape index (κ1) is 8.72. The second-order valence-corrected chi connectivity index (χ2v) is 3.26. The van der Waals surface area contributed by atoms with Crippen molar-refractivity contribution in [3.63, 3.8) is 0 Å². The average molecular weight is 181 g/mol. The number of hydrogen-bond acceptors (Lipinski definition) is 4. The van der Waals surface area contributed by atoms with Crippen molar-refractivity contribution in [3.8, 4) is 0 Å². The van der Waals surface area contributed by atoms with Crippen molar-refractivity contribution >= 4 is 6.21 Å². The minimum Gasteiger partial charge on any atom is -0.342 e. The molecule has 2 aliphatic rings. The zero-order valence-electron chi connectivity index (χ0n) is 7.81. The van der Waals surface area contributed by atoms with Gasteiger partial charge in [-0.1, -0.05) is 0 Å². The Bertz CT molecular complexity index is 221. The summed E-state index contributed by atoms with van der Waals surface area (Å²) in [5, 5.41) is 3.41. The van der Waals surface area contributed by atoms with Crippen molar-refractivity contribution in [2.24, 2.45) is 4.99 Å². The van der Waals surface area contributed by atoms with Crippen LogP contribution in [0.2, 0.25) is 0 Å². The van der Waals surface area contributed by atoms with E-state index < -0.39 is 0 Å². The van der Waals surface area contributed by atoms with Gasteiger partial charge in [0.1, 0.15) is 0 Å². The molecule has 1 N–H and O–H groups in total. The Kier molecular flexibility index (Phi) is 2.61. The van der Waals surface area contributed by atoms with E-state index in [0.29, 0.717) is 6.17 Å². The zero-order chi connectivity index (χ0) is 9.10. The predicted molar refractivity (Wildman–Crippen MR) is 51.3 cm³/mol. The highest BCUT2D eigenvalue weighted by Gasteiger charge is 2.25. The molecule has 1 fully saturated rings. The van der Waals surface area contributed by atoms with Crippen molar-refractivity contribution < 1.29 is 4.74 Å². The molecule has 0 aromatic heterocycles. The van der Waals surface area contributed by atoms with Crippen molar-refractivity contribution in [1.29, 1.82) is 0 Å². The molecule has 72 valence electrons. The van der Waals surface area contributed by atoms with Crippen LogP contribution in [-0.2, 0) is 4.74 Å². The number of ether oxygens (including phenoxy) is 1. The first-order valence-corrected chi connectivity index (χ1v) is 4.65. The molecular formula is C9H15N3O. The lowest BCUT2D eigenvalue weighted by Crippen LogP contribution is -2.45. The van der Waals surface area contributed by atoms with Crippen LogP contribution in [0, 0.1) is 0 Å². The molecule has 1 saturated heterocycles.